The molecule has 3 aliphatic carbocycles. The first-order valence-corrected chi connectivity index (χ1v) is 19.7. The van der Waals surface area contributed by atoms with Crippen LogP contribution in [0.25, 0.3) is 0 Å². The van der Waals surface area contributed by atoms with E-state index in [1.165, 1.54) is 5.01 Å². The number of amides is 2. The molecule has 0 aromatic rings. The van der Waals surface area contributed by atoms with Gasteiger partial charge < -0.3 is 15.3 Å². The molecule has 0 aliphatic heterocycles. The molecule has 0 bridgehead atoms. The maximum atomic E-state index is 14.4. The molecule has 0 heterocycles. The molecule has 3 fully saturated rings. The second-order valence-electron chi connectivity index (χ2n) is 14.1. The highest BCUT2D eigenvalue weighted by molar-refractivity contribution is 7.90. The number of hydrazine groups is 1. The summed E-state index contributed by atoms with van der Waals surface area (Å²) in [5, 5.41) is 15.5. The number of nitrogens with one attached hydrogen (secondary N) is 2. The van der Waals surface area contributed by atoms with Gasteiger partial charge in [-0.2, -0.15) is 0 Å². The normalized spacial score (nSPS) is 28.6. The summed E-state index contributed by atoms with van der Waals surface area (Å²) < 4.78 is 55.1. The Morgan fingerprint density at radius 3 is 2.11 bits per heavy atom. The van der Waals surface area contributed by atoms with Crippen molar-refractivity contribution in [1.29, 1.82) is 0 Å². The topological polar surface area (TPSA) is 119 Å². The zero-order chi connectivity index (χ0) is 34.6. The van der Waals surface area contributed by atoms with Crippen LogP contribution >= 0.6 is 0 Å². The molecule has 0 aromatic carbocycles. The Hall–Kier alpha value is -1.81. The summed E-state index contributed by atoms with van der Waals surface area (Å²) in [6.45, 7) is 9.09. The molecule has 7 atom stereocenters. The molecule has 2 amide bonds. The van der Waals surface area contributed by atoms with Crippen LogP contribution in [0.1, 0.15) is 118 Å². The van der Waals surface area contributed by atoms with Crippen LogP contribution in [0, 0.1) is 35.5 Å². The molecule has 3 N–H and O–H groups in total. The van der Waals surface area contributed by atoms with Gasteiger partial charge >= 0.3 is 0 Å². The van der Waals surface area contributed by atoms with Crippen molar-refractivity contribution in [2.24, 2.45) is 23.7 Å². The maximum absolute atomic E-state index is 14.4. The SMILES string of the molecule is CC#CC1CC(C(=O)NC(CC2CC(F)CC(F)C2)C(O)CN(CC)NS(=O)(=O)C2CCCCC2)CC(C(=O)N(CCC)CCC)C1. The van der Waals surface area contributed by atoms with E-state index in [9.17, 15) is 31.9 Å². The van der Waals surface area contributed by atoms with E-state index in [-0.39, 0.29) is 62.4 Å². The minimum Gasteiger partial charge on any atom is -0.390 e. The van der Waals surface area contributed by atoms with Gasteiger partial charge in [-0.25, -0.2) is 22.2 Å². The molecule has 0 aromatic heterocycles. The van der Waals surface area contributed by atoms with E-state index in [2.05, 4.69) is 22.0 Å². The summed E-state index contributed by atoms with van der Waals surface area (Å²) >= 11 is 0. The lowest BCUT2D eigenvalue weighted by molar-refractivity contribution is -0.139. The highest BCUT2D eigenvalue weighted by Crippen LogP contribution is 2.36. The van der Waals surface area contributed by atoms with E-state index < -0.39 is 51.6 Å². The van der Waals surface area contributed by atoms with Crippen molar-refractivity contribution in [3.05, 3.63) is 0 Å². The highest BCUT2D eigenvalue weighted by Gasteiger charge is 2.40. The Bertz CT molecular complexity index is 1140. The largest absolute Gasteiger partial charge is 0.390 e. The first-order chi connectivity index (χ1) is 22.4. The van der Waals surface area contributed by atoms with Crippen LogP contribution in [0.5, 0.6) is 0 Å². The summed E-state index contributed by atoms with van der Waals surface area (Å²) in [6, 6.07) is -0.860. The third-order valence-corrected chi connectivity index (χ3v) is 12.0. The van der Waals surface area contributed by atoms with Crippen LogP contribution < -0.4 is 10.1 Å². The second-order valence-corrected chi connectivity index (χ2v) is 16.1. The number of carbonyl (C=O) groups excluding carboxylic acids is 2. The van der Waals surface area contributed by atoms with Crippen molar-refractivity contribution in [3.63, 3.8) is 0 Å². The molecule has 3 saturated carbocycles. The smallest absolute Gasteiger partial charge is 0.227 e. The molecule has 12 heteroatoms. The first kappa shape index (κ1) is 39.6. The van der Waals surface area contributed by atoms with Gasteiger partial charge in [0, 0.05) is 50.4 Å². The van der Waals surface area contributed by atoms with E-state index in [1.807, 2.05) is 18.7 Å². The van der Waals surface area contributed by atoms with Gasteiger partial charge in [0.2, 0.25) is 21.8 Å². The fourth-order valence-electron chi connectivity index (χ4n) is 7.85. The zero-order valence-corrected chi connectivity index (χ0v) is 29.9. The summed E-state index contributed by atoms with van der Waals surface area (Å²) in [5.74, 6) is 4.46. The number of nitrogens with zero attached hydrogens (tertiary/aromatic N) is 2. The van der Waals surface area contributed by atoms with Gasteiger partial charge in [-0.15, -0.1) is 16.7 Å². The Balaban J connectivity index is 1.78. The molecule has 270 valence electrons. The lowest BCUT2D eigenvalue weighted by atomic mass is 9.74. The third kappa shape index (κ3) is 12.2. The maximum Gasteiger partial charge on any atom is 0.227 e. The van der Waals surface area contributed by atoms with E-state index >= 15 is 0 Å². The number of rotatable bonds is 16. The number of hydrogen-bond donors (Lipinski definition) is 3. The molecule has 0 radical (unpaired) electrons. The molecule has 0 saturated heterocycles. The Labute approximate surface area is 282 Å². The van der Waals surface area contributed by atoms with Gasteiger partial charge in [0.1, 0.15) is 12.3 Å². The average Bonchev–Trinajstić information content (AvgIpc) is 3.03. The van der Waals surface area contributed by atoms with Crippen molar-refractivity contribution >= 4 is 21.8 Å². The number of aliphatic hydroxyl groups excluding tert-OH is 1. The molecule has 3 rings (SSSR count). The number of halogens is 2. The number of aliphatic hydroxyl groups is 1. The van der Waals surface area contributed by atoms with Crippen LogP contribution in [0.15, 0.2) is 0 Å². The predicted octanol–water partition coefficient (Wildman–Crippen LogP) is 4.89. The van der Waals surface area contributed by atoms with Gasteiger partial charge in [0.15, 0.2) is 0 Å². The minimum atomic E-state index is -3.66. The van der Waals surface area contributed by atoms with Gasteiger partial charge in [0.05, 0.1) is 17.4 Å². The zero-order valence-electron chi connectivity index (χ0n) is 29.1. The summed E-state index contributed by atoms with van der Waals surface area (Å²) in [6.07, 6.45) is 3.53. The van der Waals surface area contributed by atoms with E-state index in [0.29, 0.717) is 45.2 Å². The summed E-state index contributed by atoms with van der Waals surface area (Å²) in [4.78, 5) is 32.1. The quantitative estimate of drug-likeness (QED) is 0.157. The van der Waals surface area contributed by atoms with E-state index in [1.54, 1.807) is 13.8 Å². The molecule has 3 aliphatic rings. The minimum absolute atomic E-state index is 0.0414. The molecular formula is C35H60F2N4O5S. The van der Waals surface area contributed by atoms with Crippen LogP contribution in [-0.2, 0) is 19.6 Å². The highest BCUT2D eigenvalue weighted by atomic mass is 32.2. The van der Waals surface area contributed by atoms with Gasteiger partial charge in [-0.05, 0) is 77.0 Å². The number of hydrogen-bond acceptors (Lipinski definition) is 6. The molecular weight excluding hydrogens is 626 g/mol. The lowest BCUT2D eigenvalue weighted by Crippen LogP contribution is -2.55. The number of alkyl halides is 2. The van der Waals surface area contributed by atoms with Crippen molar-refractivity contribution in [2.75, 3.05) is 26.2 Å². The standard InChI is InChI=1S/C35H60F2N4O5S/c1-5-12-25-17-27(22-28(18-25)35(44)40(15-6-2)16-7-3)34(43)38-32(21-26-19-29(36)23-30(37)20-26)33(42)24-41(8-4)39-47(45,46)31-13-10-9-11-14-31/h25-33,39,42H,6-11,13-24H2,1-4H3,(H,38,43). The number of sulfonamides is 1. The van der Waals surface area contributed by atoms with E-state index in [0.717, 1.165) is 32.1 Å². The Kier molecular flexibility index (Phi) is 16.4. The van der Waals surface area contributed by atoms with Gasteiger partial charge in [-0.3, -0.25) is 9.59 Å². The van der Waals surface area contributed by atoms with Crippen LogP contribution in [0.3, 0.4) is 0 Å². The average molecular weight is 687 g/mol. The first-order valence-electron chi connectivity index (χ1n) is 18.1. The number of likely N-dealkylation sites (N-methyl/N-ethyl adjacent to an activating group) is 1. The fraction of sp³-hybridized carbons (Fsp3) is 0.886. The van der Waals surface area contributed by atoms with Gasteiger partial charge in [-0.1, -0.05) is 40.0 Å². The molecule has 9 nitrogen and oxygen atoms in total. The van der Waals surface area contributed by atoms with E-state index in [4.69, 9.17) is 0 Å². The van der Waals surface area contributed by atoms with Crippen molar-refractivity contribution in [3.8, 4) is 11.8 Å². The predicted molar refractivity (Wildman–Crippen MR) is 181 cm³/mol. The van der Waals surface area contributed by atoms with Crippen molar-refractivity contribution in [1.82, 2.24) is 20.1 Å². The Morgan fingerprint density at radius 2 is 1.53 bits per heavy atom. The van der Waals surface area contributed by atoms with Crippen molar-refractivity contribution < 1.29 is 31.9 Å². The monoisotopic (exact) mass is 686 g/mol. The lowest BCUT2D eigenvalue weighted by Gasteiger charge is -2.37. The van der Waals surface area contributed by atoms with Crippen molar-refractivity contribution in [2.45, 2.75) is 147 Å². The van der Waals surface area contributed by atoms with Gasteiger partial charge in [0.25, 0.3) is 0 Å². The van der Waals surface area contributed by atoms with Crippen LogP contribution in [-0.4, -0.2) is 91.2 Å². The molecule has 0 spiro atoms. The molecule has 47 heavy (non-hydrogen) atoms. The number of carbonyl (C=O) groups is 2. The Morgan fingerprint density at radius 1 is 0.915 bits per heavy atom. The second kappa shape index (κ2) is 19.4. The fourth-order valence-corrected chi connectivity index (χ4v) is 9.52. The third-order valence-electron chi connectivity index (χ3n) is 10.2. The van der Waals surface area contributed by atoms with Crippen LogP contribution in [0.2, 0.25) is 0 Å². The van der Waals surface area contributed by atoms with Crippen LogP contribution in [0.4, 0.5) is 8.78 Å². The summed E-state index contributed by atoms with van der Waals surface area (Å²) in [7, 11) is -3.66. The summed E-state index contributed by atoms with van der Waals surface area (Å²) in [5.41, 5.74) is 0. The molecule has 7 unspecified atom stereocenters.